The van der Waals surface area contributed by atoms with Crippen LogP contribution in [0.2, 0.25) is 0 Å². The first-order valence-corrected chi connectivity index (χ1v) is 14.7. The van der Waals surface area contributed by atoms with Crippen molar-refractivity contribution in [3.05, 3.63) is 0 Å². The predicted octanol–water partition coefficient (Wildman–Crippen LogP) is 1.19. The summed E-state index contributed by atoms with van der Waals surface area (Å²) in [6.07, 6.45) is 6.03. The average molecular weight is 449 g/mol. The van der Waals surface area contributed by atoms with Gasteiger partial charge in [-0.25, -0.2) is 4.21 Å². The Morgan fingerprint density at radius 3 is 1.39 bits per heavy atom. The summed E-state index contributed by atoms with van der Waals surface area (Å²) in [6.45, 7) is 0. The first-order chi connectivity index (χ1) is 10.6. The fraction of sp³-hybridized carbons (Fsp3) is 1.00. The van der Waals surface area contributed by atoms with Crippen molar-refractivity contribution < 1.29 is 47.1 Å². The molecule has 0 saturated heterocycles. The third-order valence-corrected chi connectivity index (χ3v) is 8.87. The molecule has 0 aromatic heterocycles. The summed E-state index contributed by atoms with van der Waals surface area (Å²) < 4.78 is 39.7. The van der Waals surface area contributed by atoms with Crippen LogP contribution in [0.15, 0.2) is 0 Å². The van der Waals surface area contributed by atoms with Crippen molar-refractivity contribution in [1.29, 1.82) is 0 Å². The molecule has 0 bridgehead atoms. The van der Waals surface area contributed by atoms with Gasteiger partial charge in [0.1, 0.15) is 0 Å². The number of hydrogen-bond acceptors (Lipinski definition) is 7. The zero-order chi connectivity index (χ0) is 16.5. The van der Waals surface area contributed by atoms with Gasteiger partial charge in [-0.1, -0.05) is 54.3 Å². The van der Waals surface area contributed by atoms with Crippen LogP contribution < -0.4 is 29.6 Å². The van der Waals surface area contributed by atoms with Crippen LogP contribution in [0.4, 0.5) is 0 Å². The van der Waals surface area contributed by atoms with E-state index in [0.717, 1.165) is 48.7 Å². The largest absolute Gasteiger partial charge is 1.00 e. The minimum absolute atomic E-state index is 0. The van der Waals surface area contributed by atoms with Gasteiger partial charge in [0.2, 0.25) is 0 Å². The maximum absolute atomic E-state index is 10.4. The van der Waals surface area contributed by atoms with Crippen LogP contribution >= 0.6 is 43.2 Å². The first-order valence-electron chi connectivity index (χ1n) is 7.25. The summed E-state index contributed by atoms with van der Waals surface area (Å²) in [5.74, 6) is 5.10. The average Bonchev–Trinajstić information content (AvgIpc) is 2.46. The molecule has 0 spiro atoms. The third-order valence-electron chi connectivity index (χ3n) is 2.46. The molecule has 0 aliphatic carbocycles. The van der Waals surface area contributed by atoms with E-state index >= 15 is 0 Å². The van der Waals surface area contributed by atoms with Crippen LogP contribution in [-0.4, -0.2) is 52.0 Å². The molecule has 0 aliphatic heterocycles. The Labute approximate surface area is 183 Å². The van der Waals surface area contributed by atoms with E-state index in [4.69, 9.17) is 4.55 Å². The molecule has 0 aromatic rings. The molecule has 2 unspecified atom stereocenters. The molecule has 23 heavy (non-hydrogen) atoms. The maximum Gasteiger partial charge on any atom is 1.00 e. The number of hydrogen-bond donors (Lipinski definition) is 1. The zero-order valence-corrected chi connectivity index (χ0v) is 20.5. The molecule has 0 heterocycles. The molecule has 0 aliphatic rings. The van der Waals surface area contributed by atoms with E-state index in [2.05, 4.69) is 0 Å². The van der Waals surface area contributed by atoms with E-state index in [1.165, 1.54) is 12.8 Å². The number of unbranched alkanes of at least 4 members (excludes halogenated alkanes) is 3. The Bertz CT molecular complexity index is 271. The summed E-state index contributed by atoms with van der Waals surface area (Å²) in [5, 5.41) is 0. The van der Waals surface area contributed by atoms with Gasteiger partial charge in [-0.05, 0) is 38.5 Å². The SMILES string of the molecule is O=S([O-])CCCCSSCCCCSSCCCCS(=O)O.[Na+]. The fourth-order valence-electron chi connectivity index (χ4n) is 1.33. The van der Waals surface area contributed by atoms with Crippen molar-refractivity contribution in [2.45, 2.75) is 38.5 Å². The molecule has 0 saturated carbocycles. The molecule has 0 amide bonds. The molecule has 4 nitrogen and oxygen atoms in total. The molecule has 11 heteroatoms. The molecule has 0 aromatic carbocycles. The van der Waals surface area contributed by atoms with Crippen molar-refractivity contribution in [1.82, 2.24) is 0 Å². The molecule has 0 radical (unpaired) electrons. The van der Waals surface area contributed by atoms with E-state index in [1.54, 1.807) is 0 Å². The van der Waals surface area contributed by atoms with Crippen LogP contribution in [0.5, 0.6) is 0 Å². The van der Waals surface area contributed by atoms with Crippen molar-refractivity contribution >= 4 is 65.3 Å². The van der Waals surface area contributed by atoms with Crippen molar-refractivity contribution in [2.75, 3.05) is 34.5 Å². The standard InChI is InChI=1S/C12H26O4S6.Na/c13-21(14)11-5-3-9-19-17-7-1-2-8-18-20-10-4-6-12-22(15)16;/h1-12H2,(H,13,14)(H,15,16);/q;+1/p-1. The minimum Gasteiger partial charge on any atom is -0.772 e. The van der Waals surface area contributed by atoms with Crippen molar-refractivity contribution in [3.63, 3.8) is 0 Å². The van der Waals surface area contributed by atoms with E-state index in [9.17, 15) is 13.0 Å². The van der Waals surface area contributed by atoms with Gasteiger partial charge in [-0.3, -0.25) is 4.21 Å². The molecule has 134 valence electrons. The summed E-state index contributed by atoms with van der Waals surface area (Å²) in [6, 6.07) is 0. The van der Waals surface area contributed by atoms with Gasteiger partial charge in [0.05, 0.1) is 0 Å². The smallest absolute Gasteiger partial charge is 0.772 e. The van der Waals surface area contributed by atoms with Gasteiger partial charge in [-0.2, -0.15) is 0 Å². The number of rotatable bonds is 17. The molecule has 1 N–H and O–H groups in total. The minimum atomic E-state index is -1.88. The summed E-state index contributed by atoms with van der Waals surface area (Å²) in [4.78, 5) is 0. The van der Waals surface area contributed by atoms with Crippen LogP contribution in [0, 0.1) is 0 Å². The zero-order valence-electron chi connectivity index (χ0n) is 13.6. The van der Waals surface area contributed by atoms with E-state index in [0.29, 0.717) is 5.75 Å². The Kier molecular flexibility index (Phi) is 27.4. The second kappa shape index (κ2) is 22.7. The van der Waals surface area contributed by atoms with Gasteiger partial charge < -0.3 is 9.11 Å². The summed E-state index contributed by atoms with van der Waals surface area (Å²) in [7, 11) is 7.48. The van der Waals surface area contributed by atoms with Crippen LogP contribution in [-0.2, 0) is 22.2 Å². The summed E-state index contributed by atoms with van der Waals surface area (Å²) in [5.41, 5.74) is 0. The summed E-state index contributed by atoms with van der Waals surface area (Å²) >= 11 is -3.51. The molecule has 0 fully saturated rings. The van der Waals surface area contributed by atoms with Gasteiger partial charge in [0, 0.05) is 34.5 Å². The Morgan fingerprint density at radius 2 is 1.04 bits per heavy atom. The van der Waals surface area contributed by atoms with Gasteiger partial charge in [0.25, 0.3) is 0 Å². The van der Waals surface area contributed by atoms with Gasteiger partial charge in [0.15, 0.2) is 11.1 Å². The van der Waals surface area contributed by atoms with E-state index in [1.807, 2.05) is 43.2 Å². The molecule has 0 rings (SSSR count). The van der Waals surface area contributed by atoms with Crippen molar-refractivity contribution in [2.24, 2.45) is 0 Å². The Morgan fingerprint density at radius 1 is 0.696 bits per heavy atom. The van der Waals surface area contributed by atoms with E-state index < -0.39 is 22.2 Å². The van der Waals surface area contributed by atoms with Crippen LogP contribution in [0.1, 0.15) is 38.5 Å². The Balaban J connectivity index is 0. The Hall–Kier alpha value is 2.62. The second-order valence-electron chi connectivity index (χ2n) is 4.44. The normalized spacial score (nSPS) is 13.5. The maximum atomic E-state index is 10.4. The molecular formula is C12H25NaO4S6. The quantitative estimate of drug-likeness (QED) is 0.154. The fourth-order valence-corrected chi connectivity index (χ4v) is 6.80. The third kappa shape index (κ3) is 27.0. The predicted molar refractivity (Wildman–Crippen MR) is 107 cm³/mol. The topological polar surface area (TPSA) is 77.4 Å². The molecular weight excluding hydrogens is 424 g/mol. The van der Waals surface area contributed by atoms with Gasteiger partial charge >= 0.3 is 29.6 Å². The first kappa shape index (κ1) is 27.8. The second-order valence-corrected chi connectivity index (χ2v) is 11.9. The van der Waals surface area contributed by atoms with Crippen LogP contribution in [0.25, 0.3) is 0 Å². The monoisotopic (exact) mass is 448 g/mol. The van der Waals surface area contributed by atoms with Gasteiger partial charge in [-0.15, -0.1) is 0 Å². The molecule has 2 atom stereocenters. The van der Waals surface area contributed by atoms with Crippen molar-refractivity contribution in [3.8, 4) is 0 Å². The van der Waals surface area contributed by atoms with E-state index in [-0.39, 0.29) is 35.3 Å². The van der Waals surface area contributed by atoms with Crippen LogP contribution in [0.3, 0.4) is 0 Å².